The molecule has 1 amide bonds. The molecule has 1 saturated heterocycles. The van der Waals surface area contributed by atoms with Crippen LogP contribution in [0.15, 0.2) is 36.4 Å². The molecule has 1 aliphatic rings. The monoisotopic (exact) mass is 311 g/mol. The van der Waals surface area contributed by atoms with Crippen LogP contribution in [-0.2, 0) is 0 Å². The fourth-order valence-corrected chi connectivity index (χ4v) is 3.40. The van der Waals surface area contributed by atoms with E-state index in [1.807, 2.05) is 38.1 Å². The van der Waals surface area contributed by atoms with E-state index in [2.05, 4.69) is 34.3 Å². The molecule has 23 heavy (non-hydrogen) atoms. The zero-order valence-electron chi connectivity index (χ0n) is 14.1. The van der Waals surface area contributed by atoms with Crippen molar-refractivity contribution in [1.29, 1.82) is 0 Å². The number of nitrogens with zero attached hydrogens (tertiary/aromatic N) is 1. The van der Waals surface area contributed by atoms with Crippen LogP contribution in [0.1, 0.15) is 35.1 Å². The maximum atomic E-state index is 12.7. The average Bonchev–Trinajstić information content (AvgIpc) is 2.85. The predicted octanol–water partition coefficient (Wildman–Crippen LogP) is 2.82. The first-order chi connectivity index (χ1) is 11.1. The van der Waals surface area contributed by atoms with Crippen molar-refractivity contribution >= 4 is 5.91 Å². The standard InChI is InChI=1S/C19H25N3O/c1-13-9-10-20-12-18(13)21-19(23)17-11-14(2)22(15(17)3)16-7-5-4-6-8-16/h4-8,11,13,18,20H,9-10,12H2,1-3H3,(H,21,23). The van der Waals surface area contributed by atoms with Gasteiger partial charge >= 0.3 is 0 Å². The van der Waals surface area contributed by atoms with E-state index in [1.165, 1.54) is 0 Å². The first-order valence-corrected chi connectivity index (χ1v) is 8.34. The Balaban J connectivity index is 1.85. The van der Waals surface area contributed by atoms with Gasteiger partial charge in [0.15, 0.2) is 0 Å². The lowest BCUT2D eigenvalue weighted by atomic mass is 9.94. The SMILES string of the molecule is Cc1cc(C(=O)NC2CNCCC2C)c(C)n1-c1ccccc1. The number of rotatable bonds is 3. The largest absolute Gasteiger partial charge is 0.348 e. The molecule has 1 aromatic heterocycles. The topological polar surface area (TPSA) is 46.1 Å². The van der Waals surface area contributed by atoms with Gasteiger partial charge in [0, 0.05) is 29.7 Å². The quantitative estimate of drug-likeness (QED) is 0.915. The van der Waals surface area contributed by atoms with Gasteiger partial charge in [-0.25, -0.2) is 0 Å². The Bertz CT molecular complexity index is 690. The highest BCUT2D eigenvalue weighted by Gasteiger charge is 2.25. The number of benzene rings is 1. The van der Waals surface area contributed by atoms with Crippen LogP contribution in [0.2, 0.25) is 0 Å². The number of carbonyl (C=O) groups excluding carboxylic acids is 1. The van der Waals surface area contributed by atoms with E-state index in [4.69, 9.17) is 0 Å². The summed E-state index contributed by atoms with van der Waals surface area (Å²) in [5.41, 5.74) is 3.93. The second-order valence-electron chi connectivity index (χ2n) is 6.51. The fraction of sp³-hybridized carbons (Fsp3) is 0.421. The van der Waals surface area contributed by atoms with Crippen molar-refractivity contribution < 1.29 is 4.79 Å². The molecule has 1 aromatic carbocycles. The van der Waals surface area contributed by atoms with Gasteiger partial charge in [-0.3, -0.25) is 4.79 Å². The van der Waals surface area contributed by atoms with Crippen molar-refractivity contribution in [3.05, 3.63) is 53.3 Å². The molecule has 4 heteroatoms. The number of hydrogen-bond donors (Lipinski definition) is 2. The molecule has 0 spiro atoms. The summed E-state index contributed by atoms with van der Waals surface area (Å²) < 4.78 is 2.14. The van der Waals surface area contributed by atoms with Gasteiger partial charge in [0.1, 0.15) is 0 Å². The lowest BCUT2D eigenvalue weighted by molar-refractivity contribution is 0.0914. The van der Waals surface area contributed by atoms with Gasteiger partial charge in [0.2, 0.25) is 0 Å². The molecule has 0 radical (unpaired) electrons. The maximum Gasteiger partial charge on any atom is 0.253 e. The average molecular weight is 311 g/mol. The molecule has 0 saturated carbocycles. The van der Waals surface area contributed by atoms with Gasteiger partial charge in [0.05, 0.1) is 5.56 Å². The molecule has 1 fully saturated rings. The minimum Gasteiger partial charge on any atom is -0.348 e. The van der Waals surface area contributed by atoms with Crippen LogP contribution in [0.4, 0.5) is 0 Å². The van der Waals surface area contributed by atoms with Crippen LogP contribution < -0.4 is 10.6 Å². The third kappa shape index (κ3) is 3.17. The molecule has 0 bridgehead atoms. The molecule has 122 valence electrons. The second-order valence-corrected chi connectivity index (χ2v) is 6.51. The van der Waals surface area contributed by atoms with Crippen molar-refractivity contribution in [2.24, 2.45) is 5.92 Å². The molecular weight excluding hydrogens is 286 g/mol. The lowest BCUT2D eigenvalue weighted by Gasteiger charge is -2.30. The maximum absolute atomic E-state index is 12.7. The van der Waals surface area contributed by atoms with Gasteiger partial charge in [-0.05, 0) is 50.9 Å². The molecule has 0 aliphatic carbocycles. The summed E-state index contributed by atoms with van der Waals surface area (Å²) in [6.45, 7) is 8.15. The molecular formula is C19H25N3O. The van der Waals surface area contributed by atoms with Crippen molar-refractivity contribution in [3.63, 3.8) is 0 Å². The van der Waals surface area contributed by atoms with E-state index in [0.29, 0.717) is 5.92 Å². The zero-order chi connectivity index (χ0) is 16.4. The number of aromatic nitrogens is 1. The highest BCUT2D eigenvalue weighted by atomic mass is 16.1. The van der Waals surface area contributed by atoms with E-state index >= 15 is 0 Å². The first-order valence-electron chi connectivity index (χ1n) is 8.34. The molecule has 2 heterocycles. The van der Waals surface area contributed by atoms with E-state index in [0.717, 1.165) is 42.1 Å². The van der Waals surface area contributed by atoms with Crippen molar-refractivity contribution in [2.75, 3.05) is 13.1 Å². The van der Waals surface area contributed by atoms with E-state index < -0.39 is 0 Å². The molecule has 2 N–H and O–H groups in total. The van der Waals surface area contributed by atoms with Crippen LogP contribution >= 0.6 is 0 Å². The minimum absolute atomic E-state index is 0.0285. The molecule has 3 rings (SSSR count). The molecule has 2 unspecified atom stereocenters. The highest BCUT2D eigenvalue weighted by molar-refractivity contribution is 5.96. The minimum atomic E-state index is 0.0285. The van der Waals surface area contributed by atoms with E-state index in [1.54, 1.807) is 0 Å². The van der Waals surface area contributed by atoms with Crippen molar-refractivity contribution in [2.45, 2.75) is 33.2 Å². The lowest BCUT2D eigenvalue weighted by Crippen LogP contribution is -2.50. The summed E-state index contributed by atoms with van der Waals surface area (Å²) in [6, 6.07) is 12.4. The summed E-state index contributed by atoms with van der Waals surface area (Å²) in [5, 5.41) is 6.56. The number of piperidine rings is 1. The number of hydrogen-bond acceptors (Lipinski definition) is 2. The third-order valence-corrected chi connectivity index (χ3v) is 4.83. The Morgan fingerprint density at radius 2 is 2.00 bits per heavy atom. The molecule has 1 aliphatic heterocycles. The van der Waals surface area contributed by atoms with Gasteiger partial charge in [-0.1, -0.05) is 25.1 Å². The van der Waals surface area contributed by atoms with E-state index in [9.17, 15) is 4.79 Å². The predicted molar refractivity (Wildman–Crippen MR) is 93.1 cm³/mol. The van der Waals surface area contributed by atoms with Crippen LogP contribution in [0.3, 0.4) is 0 Å². The number of amides is 1. The normalized spacial score (nSPS) is 21.2. The molecule has 4 nitrogen and oxygen atoms in total. The number of para-hydroxylation sites is 1. The molecule has 2 aromatic rings. The Morgan fingerprint density at radius 3 is 2.70 bits per heavy atom. The summed E-state index contributed by atoms with van der Waals surface area (Å²) in [5.74, 6) is 0.540. The van der Waals surface area contributed by atoms with Gasteiger partial charge in [0.25, 0.3) is 5.91 Å². The number of carbonyl (C=O) groups is 1. The number of aryl methyl sites for hydroxylation is 1. The highest BCUT2D eigenvalue weighted by Crippen LogP contribution is 2.21. The van der Waals surface area contributed by atoms with Crippen LogP contribution in [0.25, 0.3) is 5.69 Å². The Labute approximate surface area is 137 Å². The smallest absolute Gasteiger partial charge is 0.253 e. The van der Waals surface area contributed by atoms with Crippen LogP contribution in [0, 0.1) is 19.8 Å². The third-order valence-electron chi connectivity index (χ3n) is 4.83. The Hall–Kier alpha value is -2.07. The van der Waals surface area contributed by atoms with Gasteiger partial charge in [-0.15, -0.1) is 0 Å². The molecule has 2 atom stereocenters. The Morgan fingerprint density at radius 1 is 1.26 bits per heavy atom. The van der Waals surface area contributed by atoms with Crippen LogP contribution in [-0.4, -0.2) is 29.6 Å². The van der Waals surface area contributed by atoms with Gasteiger partial charge < -0.3 is 15.2 Å². The van der Waals surface area contributed by atoms with Crippen molar-refractivity contribution in [1.82, 2.24) is 15.2 Å². The second kappa shape index (κ2) is 6.59. The zero-order valence-corrected chi connectivity index (χ0v) is 14.1. The van der Waals surface area contributed by atoms with Crippen LogP contribution in [0.5, 0.6) is 0 Å². The van der Waals surface area contributed by atoms with Crippen molar-refractivity contribution in [3.8, 4) is 5.69 Å². The Kier molecular flexibility index (Phi) is 4.53. The number of nitrogens with one attached hydrogen (secondary N) is 2. The summed E-state index contributed by atoms with van der Waals surface area (Å²) >= 11 is 0. The summed E-state index contributed by atoms with van der Waals surface area (Å²) in [6.07, 6.45) is 1.11. The van der Waals surface area contributed by atoms with E-state index in [-0.39, 0.29) is 11.9 Å². The van der Waals surface area contributed by atoms with Gasteiger partial charge in [-0.2, -0.15) is 0 Å². The fourth-order valence-electron chi connectivity index (χ4n) is 3.40. The first kappa shape index (κ1) is 15.8. The summed E-state index contributed by atoms with van der Waals surface area (Å²) in [4.78, 5) is 12.7. The summed E-state index contributed by atoms with van der Waals surface area (Å²) in [7, 11) is 0.